The fourth-order valence-electron chi connectivity index (χ4n) is 4.34. The van der Waals surface area contributed by atoms with E-state index in [9.17, 15) is 18.0 Å². The van der Waals surface area contributed by atoms with Crippen LogP contribution in [0, 0.1) is 0 Å². The molecule has 1 fully saturated rings. The predicted molar refractivity (Wildman–Crippen MR) is 136 cm³/mol. The maximum atomic E-state index is 12.9. The quantitative estimate of drug-likeness (QED) is 0.322. The molecule has 1 aliphatic heterocycles. The van der Waals surface area contributed by atoms with Crippen LogP contribution >= 0.6 is 0 Å². The minimum absolute atomic E-state index is 0.0411. The highest BCUT2D eigenvalue weighted by Gasteiger charge is 2.28. The monoisotopic (exact) mass is 514 g/mol. The van der Waals surface area contributed by atoms with Gasteiger partial charge in [0.05, 0.1) is 30.4 Å². The van der Waals surface area contributed by atoms with E-state index in [0.717, 1.165) is 56.7 Å². The van der Waals surface area contributed by atoms with E-state index in [1.165, 1.54) is 21.9 Å². The van der Waals surface area contributed by atoms with Gasteiger partial charge in [0.15, 0.2) is 9.84 Å². The van der Waals surface area contributed by atoms with Crippen LogP contribution in [0.4, 0.5) is 0 Å². The van der Waals surface area contributed by atoms with Crippen LogP contribution in [0.15, 0.2) is 53.6 Å². The molecule has 10 nitrogen and oxygen atoms in total. The summed E-state index contributed by atoms with van der Waals surface area (Å²) in [6.07, 6.45) is 3.05. The molecule has 36 heavy (non-hydrogen) atoms. The van der Waals surface area contributed by atoms with E-state index in [0.29, 0.717) is 10.9 Å². The van der Waals surface area contributed by atoms with Gasteiger partial charge in [0, 0.05) is 32.4 Å². The van der Waals surface area contributed by atoms with Crippen molar-refractivity contribution in [1.29, 1.82) is 0 Å². The molecular formula is C25H30N4O6S. The zero-order valence-corrected chi connectivity index (χ0v) is 20.9. The molecule has 11 heteroatoms. The standard InChI is InChI=1S/C25H30N4O6S/c1-36(33,34)23(24(30)27-32)9-11-29-17-26-22-16-20(6-7-21(22)25(29)31)19-4-2-18(3-5-19)8-10-28-12-14-35-15-13-28/h2-7,16-17,23,32H,8-15H2,1H3,(H,27,30)/t23-/m1/s1. The molecule has 0 unspecified atom stereocenters. The fraction of sp³-hybridized carbons (Fsp3) is 0.400. The Hall–Kier alpha value is -3.12. The molecule has 4 rings (SSSR count). The zero-order valence-electron chi connectivity index (χ0n) is 20.1. The van der Waals surface area contributed by atoms with Gasteiger partial charge in [0.1, 0.15) is 5.25 Å². The van der Waals surface area contributed by atoms with Gasteiger partial charge in [-0.25, -0.2) is 18.9 Å². The number of nitrogens with zero attached hydrogens (tertiary/aromatic N) is 3. The summed E-state index contributed by atoms with van der Waals surface area (Å²) in [6.45, 7) is 4.50. The van der Waals surface area contributed by atoms with Crippen LogP contribution in [0.5, 0.6) is 0 Å². The maximum Gasteiger partial charge on any atom is 0.261 e. The van der Waals surface area contributed by atoms with Crippen LogP contribution < -0.4 is 11.0 Å². The molecule has 0 radical (unpaired) electrons. The van der Waals surface area contributed by atoms with E-state index in [2.05, 4.69) is 34.1 Å². The SMILES string of the molecule is CS(=O)(=O)[C@H](CCn1cnc2cc(-c3ccc(CCN4CCOCC4)cc3)ccc2c1=O)C(=O)NO. The van der Waals surface area contributed by atoms with E-state index in [-0.39, 0.29) is 18.5 Å². The van der Waals surface area contributed by atoms with Crippen molar-refractivity contribution in [1.82, 2.24) is 19.9 Å². The molecule has 0 spiro atoms. The highest BCUT2D eigenvalue weighted by atomic mass is 32.2. The summed E-state index contributed by atoms with van der Waals surface area (Å²) in [5.74, 6) is -1.03. The normalized spacial score (nSPS) is 15.6. The van der Waals surface area contributed by atoms with Crippen LogP contribution in [-0.4, -0.2) is 78.3 Å². The van der Waals surface area contributed by atoms with E-state index in [4.69, 9.17) is 9.94 Å². The number of carbonyl (C=O) groups is 1. The number of hydroxylamine groups is 1. The highest BCUT2D eigenvalue weighted by Crippen LogP contribution is 2.23. The number of hydrogen-bond acceptors (Lipinski definition) is 8. The third-order valence-electron chi connectivity index (χ3n) is 6.48. The van der Waals surface area contributed by atoms with Gasteiger partial charge in [-0.3, -0.25) is 24.3 Å². The average Bonchev–Trinajstić information content (AvgIpc) is 2.88. The molecule has 0 saturated carbocycles. The number of carbonyl (C=O) groups excluding carboxylic acids is 1. The Morgan fingerprint density at radius 1 is 1.11 bits per heavy atom. The second-order valence-electron chi connectivity index (χ2n) is 8.96. The van der Waals surface area contributed by atoms with Gasteiger partial charge in [-0.15, -0.1) is 0 Å². The first kappa shape index (κ1) is 26.0. The summed E-state index contributed by atoms with van der Waals surface area (Å²) in [4.78, 5) is 31.5. The zero-order chi connectivity index (χ0) is 25.7. The molecule has 0 aliphatic carbocycles. The van der Waals surface area contributed by atoms with Crippen molar-refractivity contribution < 1.29 is 23.2 Å². The Bertz CT molecular complexity index is 1380. The van der Waals surface area contributed by atoms with Gasteiger partial charge < -0.3 is 4.74 Å². The van der Waals surface area contributed by atoms with E-state index in [1.54, 1.807) is 6.07 Å². The molecule has 1 atom stereocenters. The average molecular weight is 515 g/mol. The van der Waals surface area contributed by atoms with Crippen LogP contribution in [0.25, 0.3) is 22.0 Å². The van der Waals surface area contributed by atoms with Gasteiger partial charge in [-0.2, -0.15) is 0 Å². The number of aryl methyl sites for hydroxylation is 1. The number of fused-ring (bicyclic) bond motifs is 1. The van der Waals surface area contributed by atoms with Crippen LogP contribution in [0.3, 0.4) is 0 Å². The largest absolute Gasteiger partial charge is 0.379 e. The minimum atomic E-state index is -3.77. The van der Waals surface area contributed by atoms with Crippen molar-refractivity contribution in [3.05, 3.63) is 64.7 Å². The maximum absolute atomic E-state index is 12.9. The molecule has 3 aromatic rings. The molecule has 2 aromatic carbocycles. The summed E-state index contributed by atoms with van der Waals surface area (Å²) in [5.41, 5.74) is 4.78. The topological polar surface area (TPSA) is 131 Å². The van der Waals surface area contributed by atoms with Gasteiger partial charge in [-0.1, -0.05) is 30.3 Å². The first-order valence-corrected chi connectivity index (χ1v) is 13.7. The number of aromatic nitrogens is 2. The van der Waals surface area contributed by atoms with Gasteiger partial charge in [0.2, 0.25) is 0 Å². The molecule has 1 amide bonds. The third-order valence-corrected chi connectivity index (χ3v) is 7.97. The number of hydrogen-bond donors (Lipinski definition) is 2. The van der Waals surface area contributed by atoms with Crippen molar-refractivity contribution >= 4 is 26.6 Å². The Balaban J connectivity index is 1.47. The van der Waals surface area contributed by atoms with Gasteiger partial charge in [-0.05, 0) is 41.7 Å². The van der Waals surface area contributed by atoms with Crippen molar-refractivity contribution in [3.63, 3.8) is 0 Å². The molecule has 2 heterocycles. The number of ether oxygens (including phenoxy) is 1. The Morgan fingerprint density at radius 2 is 1.81 bits per heavy atom. The molecule has 1 aromatic heterocycles. The number of sulfone groups is 1. The Labute approximate surface area is 209 Å². The van der Waals surface area contributed by atoms with Crippen LogP contribution in [0.2, 0.25) is 0 Å². The number of amides is 1. The molecular weight excluding hydrogens is 484 g/mol. The van der Waals surface area contributed by atoms with E-state index in [1.807, 2.05) is 12.1 Å². The number of rotatable bonds is 9. The lowest BCUT2D eigenvalue weighted by atomic mass is 10.0. The first-order valence-electron chi connectivity index (χ1n) is 11.8. The van der Waals surface area contributed by atoms with Crippen molar-refractivity contribution in [2.45, 2.75) is 24.6 Å². The number of nitrogens with one attached hydrogen (secondary N) is 1. The predicted octanol–water partition coefficient (Wildman–Crippen LogP) is 1.25. The second-order valence-corrected chi connectivity index (χ2v) is 11.2. The molecule has 2 N–H and O–H groups in total. The molecule has 192 valence electrons. The molecule has 0 bridgehead atoms. The van der Waals surface area contributed by atoms with Crippen molar-refractivity contribution in [3.8, 4) is 11.1 Å². The van der Waals surface area contributed by atoms with Crippen LogP contribution in [-0.2, 0) is 32.3 Å². The number of morpholine rings is 1. The Morgan fingerprint density at radius 3 is 2.47 bits per heavy atom. The summed E-state index contributed by atoms with van der Waals surface area (Å²) in [7, 11) is -3.77. The number of benzene rings is 2. The summed E-state index contributed by atoms with van der Waals surface area (Å²) < 4.78 is 30.4. The smallest absolute Gasteiger partial charge is 0.261 e. The van der Waals surface area contributed by atoms with Gasteiger partial charge in [0.25, 0.3) is 11.5 Å². The molecule has 1 saturated heterocycles. The second kappa shape index (κ2) is 11.3. The van der Waals surface area contributed by atoms with Gasteiger partial charge >= 0.3 is 0 Å². The van der Waals surface area contributed by atoms with E-state index >= 15 is 0 Å². The molecule has 1 aliphatic rings. The fourth-order valence-corrected chi connectivity index (χ4v) is 5.32. The van der Waals surface area contributed by atoms with E-state index < -0.39 is 21.0 Å². The third kappa shape index (κ3) is 6.16. The summed E-state index contributed by atoms with van der Waals surface area (Å²) in [6, 6.07) is 13.8. The minimum Gasteiger partial charge on any atom is -0.379 e. The first-order chi connectivity index (χ1) is 17.3. The summed E-state index contributed by atoms with van der Waals surface area (Å²) >= 11 is 0. The highest BCUT2D eigenvalue weighted by molar-refractivity contribution is 7.92. The lowest BCUT2D eigenvalue weighted by molar-refractivity contribution is -0.128. The Kier molecular flexibility index (Phi) is 8.14. The van der Waals surface area contributed by atoms with Crippen molar-refractivity contribution in [2.24, 2.45) is 0 Å². The summed E-state index contributed by atoms with van der Waals surface area (Å²) in [5, 5.41) is 7.75. The van der Waals surface area contributed by atoms with Crippen molar-refractivity contribution in [2.75, 3.05) is 39.1 Å². The van der Waals surface area contributed by atoms with Crippen LogP contribution in [0.1, 0.15) is 12.0 Å². The lowest BCUT2D eigenvalue weighted by Crippen LogP contribution is -2.39. The lowest BCUT2D eigenvalue weighted by Gasteiger charge is -2.26.